The van der Waals surface area contributed by atoms with Crippen LogP contribution in [-0.2, 0) is 20.6 Å². The molecule has 114 valence electrons. The number of carbonyl (C=O) groups is 1. The van der Waals surface area contributed by atoms with Gasteiger partial charge in [-0.05, 0) is 36.5 Å². The van der Waals surface area contributed by atoms with Gasteiger partial charge in [0.05, 0.1) is 11.4 Å². The Balaban J connectivity index is 1.71. The number of amides is 1. The van der Waals surface area contributed by atoms with Crippen LogP contribution >= 0.6 is 0 Å². The third-order valence-corrected chi connectivity index (χ3v) is 5.76. The maximum absolute atomic E-state index is 13.3. The Morgan fingerprint density at radius 1 is 1.38 bits per heavy atom. The van der Waals surface area contributed by atoms with Crippen LogP contribution in [0.3, 0.4) is 0 Å². The lowest BCUT2D eigenvalue weighted by Gasteiger charge is -2.26. The van der Waals surface area contributed by atoms with Crippen molar-refractivity contribution >= 4 is 21.6 Å². The molecule has 1 aliphatic carbocycles. The zero-order valence-corrected chi connectivity index (χ0v) is 12.3. The molecule has 1 aliphatic heterocycles. The Labute approximate surface area is 123 Å². The lowest BCUT2D eigenvalue weighted by molar-refractivity contribution is -0.119. The van der Waals surface area contributed by atoms with Crippen molar-refractivity contribution in [3.63, 3.8) is 0 Å². The van der Waals surface area contributed by atoms with Crippen LogP contribution < -0.4 is 9.62 Å². The van der Waals surface area contributed by atoms with Gasteiger partial charge in [-0.1, -0.05) is 12.5 Å². The molecule has 1 aromatic rings. The smallest absolute Gasteiger partial charge is 0.240 e. The number of hydrogen-bond acceptors (Lipinski definition) is 3. The Bertz CT molecular complexity index is 671. The molecule has 1 N–H and O–H groups in total. The summed E-state index contributed by atoms with van der Waals surface area (Å²) in [5, 5.41) is 2.76. The highest BCUT2D eigenvalue weighted by Gasteiger charge is 2.34. The van der Waals surface area contributed by atoms with Crippen LogP contribution in [0.5, 0.6) is 0 Å². The molecule has 5 nitrogen and oxygen atoms in total. The Hall–Kier alpha value is -1.63. The number of sulfonamides is 1. The van der Waals surface area contributed by atoms with Crippen LogP contribution in [0.4, 0.5) is 10.1 Å². The number of hydrogen-bond donors (Lipinski definition) is 1. The van der Waals surface area contributed by atoms with Gasteiger partial charge in [-0.15, -0.1) is 0 Å². The molecule has 0 saturated heterocycles. The van der Waals surface area contributed by atoms with Crippen LogP contribution in [0.25, 0.3) is 0 Å². The Kier molecular flexibility index (Phi) is 3.61. The summed E-state index contributed by atoms with van der Waals surface area (Å²) in [6.45, 7) is 0.300. The van der Waals surface area contributed by atoms with Gasteiger partial charge in [-0.25, -0.2) is 12.8 Å². The average molecular weight is 312 g/mol. The summed E-state index contributed by atoms with van der Waals surface area (Å²) in [6.07, 6.45) is 3.40. The summed E-state index contributed by atoms with van der Waals surface area (Å²) >= 11 is 0. The van der Waals surface area contributed by atoms with E-state index in [1.165, 1.54) is 24.6 Å². The summed E-state index contributed by atoms with van der Waals surface area (Å²) in [7, 11) is -3.58. The molecule has 1 fully saturated rings. The lowest BCUT2D eigenvalue weighted by atomic mass is 9.85. The molecule has 1 aromatic carbocycles. The normalized spacial score (nSPS) is 20.0. The van der Waals surface area contributed by atoms with E-state index in [1.807, 2.05) is 0 Å². The maximum atomic E-state index is 13.3. The van der Waals surface area contributed by atoms with E-state index in [1.54, 1.807) is 0 Å². The molecule has 0 unspecified atom stereocenters. The largest absolute Gasteiger partial charge is 0.354 e. The van der Waals surface area contributed by atoms with Gasteiger partial charge >= 0.3 is 0 Å². The van der Waals surface area contributed by atoms with Crippen molar-refractivity contribution in [3.05, 3.63) is 29.6 Å². The topological polar surface area (TPSA) is 66.5 Å². The van der Waals surface area contributed by atoms with Crippen LogP contribution in [0.2, 0.25) is 0 Å². The van der Waals surface area contributed by atoms with E-state index in [9.17, 15) is 17.6 Å². The molecule has 0 aromatic heterocycles. The number of halogens is 1. The first-order valence-electron chi connectivity index (χ1n) is 7.01. The highest BCUT2D eigenvalue weighted by molar-refractivity contribution is 7.92. The van der Waals surface area contributed by atoms with E-state index < -0.39 is 15.8 Å². The summed E-state index contributed by atoms with van der Waals surface area (Å²) in [6, 6.07) is 3.85. The minimum absolute atomic E-state index is 0.182. The molecule has 0 bridgehead atoms. The zero-order valence-electron chi connectivity index (χ0n) is 11.5. The Morgan fingerprint density at radius 3 is 2.81 bits per heavy atom. The second kappa shape index (κ2) is 5.29. The summed E-state index contributed by atoms with van der Waals surface area (Å²) in [4.78, 5) is 11.9. The fourth-order valence-corrected chi connectivity index (χ4v) is 4.22. The molecular formula is C14H17FN2O3S. The van der Waals surface area contributed by atoms with Gasteiger partial charge in [0.25, 0.3) is 0 Å². The van der Waals surface area contributed by atoms with Crippen molar-refractivity contribution in [2.24, 2.45) is 5.92 Å². The van der Waals surface area contributed by atoms with Gasteiger partial charge in [0, 0.05) is 6.54 Å². The molecule has 1 amide bonds. The SMILES string of the molecule is O=C(CN1c2cc(F)ccc2CS1(=O)=O)NCC1CCC1. The van der Waals surface area contributed by atoms with Gasteiger partial charge in [0.1, 0.15) is 12.4 Å². The standard InChI is InChI=1S/C14H17FN2O3S/c15-12-5-4-11-9-21(19,20)17(13(11)6-12)8-14(18)16-7-10-2-1-3-10/h4-6,10H,1-3,7-9H2,(H,16,18). The van der Waals surface area contributed by atoms with E-state index in [-0.39, 0.29) is 23.9 Å². The molecule has 7 heteroatoms. The predicted octanol–water partition coefficient (Wildman–Crippen LogP) is 1.39. The molecule has 0 atom stereocenters. The molecular weight excluding hydrogens is 295 g/mol. The third-order valence-electron chi connectivity index (χ3n) is 4.09. The predicted molar refractivity (Wildman–Crippen MR) is 76.7 cm³/mol. The molecule has 0 radical (unpaired) electrons. The third kappa shape index (κ3) is 2.88. The van der Waals surface area contributed by atoms with Crippen LogP contribution in [-0.4, -0.2) is 27.4 Å². The first kappa shape index (κ1) is 14.3. The monoisotopic (exact) mass is 312 g/mol. The van der Waals surface area contributed by atoms with Gasteiger partial charge in [0.2, 0.25) is 15.9 Å². The first-order chi connectivity index (χ1) is 9.95. The maximum Gasteiger partial charge on any atom is 0.240 e. The highest BCUT2D eigenvalue weighted by Crippen LogP contribution is 2.33. The lowest BCUT2D eigenvalue weighted by Crippen LogP contribution is -2.41. The molecule has 21 heavy (non-hydrogen) atoms. The number of fused-ring (bicyclic) bond motifs is 1. The average Bonchev–Trinajstić information content (AvgIpc) is 2.59. The van der Waals surface area contributed by atoms with Crippen LogP contribution in [0.15, 0.2) is 18.2 Å². The second-order valence-electron chi connectivity index (χ2n) is 5.64. The van der Waals surface area contributed by atoms with Crippen molar-refractivity contribution in [2.45, 2.75) is 25.0 Å². The van der Waals surface area contributed by atoms with Crippen molar-refractivity contribution < 1.29 is 17.6 Å². The van der Waals surface area contributed by atoms with E-state index in [2.05, 4.69) is 5.32 Å². The number of nitrogens with zero attached hydrogens (tertiary/aromatic N) is 1. The first-order valence-corrected chi connectivity index (χ1v) is 8.62. The van der Waals surface area contributed by atoms with E-state index in [0.717, 1.165) is 17.1 Å². The fraction of sp³-hybridized carbons (Fsp3) is 0.500. The molecule has 3 rings (SSSR count). The van der Waals surface area contributed by atoms with Gasteiger partial charge in [-0.3, -0.25) is 9.10 Å². The number of carbonyl (C=O) groups excluding carboxylic acids is 1. The van der Waals surface area contributed by atoms with E-state index >= 15 is 0 Å². The fourth-order valence-electron chi connectivity index (χ4n) is 2.64. The number of anilines is 1. The minimum Gasteiger partial charge on any atom is -0.354 e. The van der Waals surface area contributed by atoms with E-state index in [0.29, 0.717) is 18.0 Å². The van der Waals surface area contributed by atoms with Crippen molar-refractivity contribution in [3.8, 4) is 0 Å². The van der Waals surface area contributed by atoms with E-state index in [4.69, 9.17) is 0 Å². The number of nitrogens with one attached hydrogen (secondary N) is 1. The second-order valence-corrected chi connectivity index (χ2v) is 7.53. The summed E-state index contributed by atoms with van der Waals surface area (Å²) < 4.78 is 38.5. The summed E-state index contributed by atoms with van der Waals surface area (Å²) in [5.74, 6) is -0.527. The Morgan fingerprint density at radius 2 is 2.14 bits per heavy atom. The quantitative estimate of drug-likeness (QED) is 0.913. The van der Waals surface area contributed by atoms with Crippen LogP contribution in [0.1, 0.15) is 24.8 Å². The highest BCUT2D eigenvalue weighted by atomic mass is 32.2. The van der Waals surface area contributed by atoms with Crippen molar-refractivity contribution in [1.82, 2.24) is 5.32 Å². The zero-order chi connectivity index (χ0) is 15.0. The molecule has 1 saturated carbocycles. The summed E-state index contributed by atoms with van der Waals surface area (Å²) in [5.41, 5.74) is 0.803. The molecule has 2 aliphatic rings. The number of rotatable bonds is 4. The molecule has 1 heterocycles. The van der Waals surface area contributed by atoms with Crippen molar-refractivity contribution in [2.75, 3.05) is 17.4 Å². The van der Waals surface area contributed by atoms with Gasteiger partial charge in [-0.2, -0.15) is 0 Å². The number of benzene rings is 1. The van der Waals surface area contributed by atoms with Gasteiger partial charge in [0.15, 0.2) is 0 Å². The van der Waals surface area contributed by atoms with Crippen LogP contribution in [0, 0.1) is 11.7 Å². The van der Waals surface area contributed by atoms with Gasteiger partial charge < -0.3 is 5.32 Å². The molecule has 0 spiro atoms. The van der Waals surface area contributed by atoms with Crippen molar-refractivity contribution in [1.29, 1.82) is 0 Å². The minimum atomic E-state index is -3.58.